The molecule has 0 aliphatic carbocycles. The number of ketones is 1. The summed E-state index contributed by atoms with van der Waals surface area (Å²) >= 11 is 0. The molecule has 1 N–H and O–H groups in total. The summed E-state index contributed by atoms with van der Waals surface area (Å²) in [6.07, 6.45) is -0.453. The molecule has 0 saturated carbocycles. The fourth-order valence-corrected chi connectivity index (χ4v) is 0.895. The molecule has 0 aliphatic heterocycles. The van der Waals surface area contributed by atoms with Gasteiger partial charge in [-0.2, -0.15) is 4.80 Å². The maximum absolute atomic E-state index is 11.2. The zero-order valence-electron chi connectivity index (χ0n) is 7.64. The first-order chi connectivity index (χ1) is 6.13. The second kappa shape index (κ2) is 4.08. The van der Waals surface area contributed by atoms with E-state index >= 15 is 0 Å². The van der Waals surface area contributed by atoms with E-state index in [1.54, 1.807) is 14.0 Å². The Kier molecular flexibility index (Phi) is 3.07. The molecule has 0 bridgehead atoms. The van der Waals surface area contributed by atoms with E-state index in [0.717, 1.165) is 0 Å². The van der Waals surface area contributed by atoms with E-state index in [0.29, 0.717) is 12.2 Å². The molecular weight excluding hydrogens is 172 g/mol. The molecule has 0 amide bonds. The molecule has 1 atom stereocenters. The Morgan fingerprint density at radius 1 is 1.69 bits per heavy atom. The maximum Gasteiger partial charge on any atom is 0.182 e. The van der Waals surface area contributed by atoms with Crippen LogP contribution in [0.3, 0.4) is 0 Å². The van der Waals surface area contributed by atoms with Gasteiger partial charge in [-0.05, 0) is 11.6 Å². The molecule has 72 valence electrons. The monoisotopic (exact) mass is 184 g/mol. The first-order valence-electron chi connectivity index (χ1n) is 4.07. The van der Waals surface area contributed by atoms with Crippen LogP contribution in [0.15, 0.2) is 0 Å². The third kappa shape index (κ3) is 2.59. The number of aromatic nitrogens is 4. The topological polar surface area (TPSA) is 80.9 Å². The van der Waals surface area contributed by atoms with Gasteiger partial charge in [-0.1, -0.05) is 6.92 Å². The van der Waals surface area contributed by atoms with Crippen LogP contribution in [0.5, 0.6) is 0 Å². The minimum atomic E-state index is -0.913. The number of hydrogen-bond donors (Lipinski definition) is 1. The van der Waals surface area contributed by atoms with Crippen LogP contribution in [-0.4, -0.2) is 37.2 Å². The average Bonchev–Trinajstić information content (AvgIpc) is 2.49. The lowest BCUT2D eigenvalue weighted by Crippen LogP contribution is -2.21. The van der Waals surface area contributed by atoms with Gasteiger partial charge in [0.05, 0.1) is 13.5 Å². The first-order valence-corrected chi connectivity index (χ1v) is 4.07. The van der Waals surface area contributed by atoms with Crippen molar-refractivity contribution in [2.45, 2.75) is 25.9 Å². The molecule has 6 heteroatoms. The van der Waals surface area contributed by atoms with Gasteiger partial charge in [-0.3, -0.25) is 4.79 Å². The summed E-state index contributed by atoms with van der Waals surface area (Å²) in [6.45, 7) is 1.74. The Bertz CT molecular complexity index is 296. The summed E-state index contributed by atoms with van der Waals surface area (Å²) in [5.41, 5.74) is 0. The number of nitrogens with zero attached hydrogens (tertiary/aromatic N) is 4. The van der Waals surface area contributed by atoms with Crippen molar-refractivity contribution in [3.63, 3.8) is 0 Å². The van der Waals surface area contributed by atoms with Gasteiger partial charge in [-0.25, -0.2) is 0 Å². The number of hydrogen-bond acceptors (Lipinski definition) is 5. The molecule has 1 unspecified atom stereocenters. The summed E-state index contributed by atoms with van der Waals surface area (Å²) in [5, 5.41) is 20.2. The third-order valence-electron chi connectivity index (χ3n) is 1.64. The van der Waals surface area contributed by atoms with Gasteiger partial charge >= 0.3 is 0 Å². The van der Waals surface area contributed by atoms with Gasteiger partial charge in [0, 0.05) is 0 Å². The summed E-state index contributed by atoms with van der Waals surface area (Å²) in [7, 11) is 1.62. The van der Waals surface area contributed by atoms with Crippen molar-refractivity contribution in [2.24, 2.45) is 7.05 Å². The van der Waals surface area contributed by atoms with Crippen LogP contribution in [0.25, 0.3) is 0 Å². The largest absolute Gasteiger partial charge is 0.385 e. The molecule has 1 rings (SSSR count). The van der Waals surface area contributed by atoms with E-state index < -0.39 is 6.10 Å². The minimum Gasteiger partial charge on any atom is -0.385 e. The lowest BCUT2D eigenvalue weighted by molar-refractivity contribution is -0.126. The zero-order valence-corrected chi connectivity index (χ0v) is 7.64. The standard InChI is InChI=1S/C7H12N4O2/c1-3-5(12)6(13)4-7-8-10-11(2)9-7/h5,12H,3-4H2,1-2H3. The van der Waals surface area contributed by atoms with Gasteiger partial charge in [0.1, 0.15) is 6.10 Å². The summed E-state index contributed by atoms with van der Waals surface area (Å²) in [5.74, 6) is 0.0792. The fraction of sp³-hybridized carbons (Fsp3) is 0.714. The Morgan fingerprint density at radius 2 is 2.38 bits per heavy atom. The van der Waals surface area contributed by atoms with E-state index in [2.05, 4.69) is 15.4 Å². The maximum atomic E-state index is 11.2. The highest BCUT2D eigenvalue weighted by molar-refractivity contribution is 5.84. The van der Waals surface area contributed by atoms with Crippen molar-refractivity contribution in [1.82, 2.24) is 20.2 Å². The molecule has 0 spiro atoms. The molecule has 1 aromatic heterocycles. The summed E-state index contributed by atoms with van der Waals surface area (Å²) < 4.78 is 0. The molecule has 0 radical (unpaired) electrons. The van der Waals surface area contributed by atoms with Crippen LogP contribution in [0.1, 0.15) is 19.2 Å². The normalized spacial score (nSPS) is 12.8. The fourth-order valence-electron chi connectivity index (χ4n) is 0.895. The first kappa shape index (κ1) is 9.79. The lowest BCUT2D eigenvalue weighted by atomic mass is 10.1. The zero-order chi connectivity index (χ0) is 9.84. The molecule has 0 saturated heterocycles. The Hall–Kier alpha value is -1.30. The number of carbonyl (C=O) groups is 1. The number of aliphatic hydroxyl groups excluding tert-OH is 1. The highest BCUT2D eigenvalue weighted by Gasteiger charge is 2.15. The Labute approximate surface area is 75.6 Å². The van der Waals surface area contributed by atoms with Crippen LogP contribution < -0.4 is 0 Å². The Balaban J connectivity index is 2.54. The highest BCUT2D eigenvalue weighted by Crippen LogP contribution is 1.97. The average molecular weight is 184 g/mol. The van der Waals surface area contributed by atoms with Crippen LogP contribution in [0, 0.1) is 0 Å². The van der Waals surface area contributed by atoms with E-state index in [9.17, 15) is 4.79 Å². The van der Waals surface area contributed by atoms with Crippen LogP contribution in [-0.2, 0) is 18.3 Å². The van der Waals surface area contributed by atoms with Crippen molar-refractivity contribution in [2.75, 3.05) is 0 Å². The van der Waals surface area contributed by atoms with Crippen LogP contribution in [0.4, 0.5) is 0 Å². The van der Waals surface area contributed by atoms with Gasteiger partial charge in [0.25, 0.3) is 0 Å². The van der Waals surface area contributed by atoms with Gasteiger partial charge in [0.2, 0.25) is 0 Å². The molecular formula is C7H12N4O2. The molecule has 0 aliphatic rings. The van der Waals surface area contributed by atoms with Crippen molar-refractivity contribution in [3.8, 4) is 0 Å². The van der Waals surface area contributed by atoms with Crippen LogP contribution >= 0.6 is 0 Å². The highest BCUT2D eigenvalue weighted by atomic mass is 16.3. The third-order valence-corrected chi connectivity index (χ3v) is 1.64. The molecule has 1 heterocycles. The van der Waals surface area contributed by atoms with Crippen molar-refractivity contribution < 1.29 is 9.90 Å². The lowest BCUT2D eigenvalue weighted by Gasteiger charge is -2.02. The van der Waals surface area contributed by atoms with Gasteiger partial charge < -0.3 is 5.11 Å². The van der Waals surface area contributed by atoms with E-state index in [1.165, 1.54) is 4.80 Å². The van der Waals surface area contributed by atoms with Crippen molar-refractivity contribution in [3.05, 3.63) is 5.82 Å². The molecule has 1 aromatic rings. The summed E-state index contributed by atoms with van der Waals surface area (Å²) in [6, 6.07) is 0. The Morgan fingerprint density at radius 3 is 2.85 bits per heavy atom. The van der Waals surface area contributed by atoms with E-state index in [1.807, 2.05) is 0 Å². The smallest absolute Gasteiger partial charge is 0.182 e. The number of aryl methyl sites for hydroxylation is 1. The number of Topliss-reactive ketones (excluding diaryl/α,β-unsaturated/α-hetero) is 1. The number of carbonyl (C=O) groups excluding carboxylic acids is 1. The molecule has 0 fully saturated rings. The van der Waals surface area contributed by atoms with Crippen molar-refractivity contribution >= 4 is 5.78 Å². The van der Waals surface area contributed by atoms with Crippen molar-refractivity contribution in [1.29, 1.82) is 0 Å². The molecule has 0 aromatic carbocycles. The molecule has 13 heavy (non-hydrogen) atoms. The van der Waals surface area contributed by atoms with Gasteiger partial charge in [-0.15, -0.1) is 10.2 Å². The summed E-state index contributed by atoms with van der Waals surface area (Å²) in [4.78, 5) is 12.5. The quantitative estimate of drug-likeness (QED) is 0.655. The second-order valence-corrected chi connectivity index (χ2v) is 2.76. The number of tetrazole rings is 1. The predicted octanol–water partition coefficient (Wildman–Crippen LogP) is -0.907. The second-order valence-electron chi connectivity index (χ2n) is 2.76. The predicted molar refractivity (Wildman–Crippen MR) is 43.8 cm³/mol. The van der Waals surface area contributed by atoms with Crippen LogP contribution in [0.2, 0.25) is 0 Å². The number of aliphatic hydroxyl groups is 1. The minimum absolute atomic E-state index is 0.0445. The van der Waals surface area contributed by atoms with E-state index in [4.69, 9.17) is 5.11 Å². The number of rotatable bonds is 4. The molecule has 6 nitrogen and oxygen atoms in total. The van der Waals surface area contributed by atoms with E-state index in [-0.39, 0.29) is 12.2 Å². The SMILES string of the molecule is CCC(O)C(=O)Cc1nnn(C)n1. The van der Waals surface area contributed by atoms with Gasteiger partial charge in [0.15, 0.2) is 11.6 Å².